The summed E-state index contributed by atoms with van der Waals surface area (Å²) in [7, 11) is 0. The van der Waals surface area contributed by atoms with Crippen LogP contribution in [-0.4, -0.2) is 18.9 Å². The number of nitrogens with two attached hydrogens (primary N) is 1. The minimum Gasteiger partial charge on any atom is -0.525 e. The Bertz CT molecular complexity index is 841. The van der Waals surface area contributed by atoms with Gasteiger partial charge in [0.25, 0.3) is 0 Å². The van der Waals surface area contributed by atoms with Crippen molar-refractivity contribution < 1.29 is 18.2 Å². The summed E-state index contributed by atoms with van der Waals surface area (Å²) < 4.78 is 32.1. The van der Waals surface area contributed by atoms with Crippen LogP contribution >= 0.6 is 0 Å². The summed E-state index contributed by atoms with van der Waals surface area (Å²) in [5, 5.41) is 0. The molecule has 0 heterocycles. The number of hydrogen-bond acceptors (Lipinski definition) is 3. The van der Waals surface area contributed by atoms with Gasteiger partial charge in [-0.25, -0.2) is 8.78 Å². The molecule has 0 aliphatic rings. The molecule has 0 unspecified atom stereocenters. The smallest absolute Gasteiger partial charge is 0.429 e. The lowest BCUT2D eigenvalue weighted by atomic mass is 9.55. The van der Waals surface area contributed by atoms with Gasteiger partial charge in [0.1, 0.15) is 17.7 Å². The molecule has 3 nitrogen and oxygen atoms in total. The van der Waals surface area contributed by atoms with Gasteiger partial charge < -0.3 is 10.4 Å². The van der Waals surface area contributed by atoms with E-state index in [1.54, 1.807) is 0 Å². The Morgan fingerprint density at radius 2 is 1.33 bits per heavy atom. The highest BCUT2D eigenvalue weighted by Crippen LogP contribution is 2.05. The van der Waals surface area contributed by atoms with E-state index < -0.39 is 30.6 Å². The first-order chi connectivity index (χ1) is 13.0. The molecule has 0 fully saturated rings. The van der Waals surface area contributed by atoms with Gasteiger partial charge in [0.2, 0.25) is 0 Å². The summed E-state index contributed by atoms with van der Waals surface area (Å²) in [5.74, 6) is -1.38. The SMILES string of the molecule is N[C@@H](Cc1ccccc1)C(=O)OB(c1ccc(F)cc1)c1ccc(F)cc1. The van der Waals surface area contributed by atoms with Gasteiger partial charge in [-0.15, -0.1) is 0 Å². The predicted molar refractivity (Wildman–Crippen MR) is 102 cm³/mol. The predicted octanol–water partition coefficient (Wildman–Crippen LogP) is 2.18. The number of hydrogen-bond donors (Lipinski definition) is 1. The summed E-state index contributed by atoms with van der Waals surface area (Å²) in [6.45, 7) is -0.805. The Balaban J connectivity index is 1.81. The fourth-order valence-electron chi connectivity index (χ4n) is 2.76. The molecule has 0 saturated carbocycles. The molecule has 3 aromatic rings. The second-order valence-electron chi connectivity index (χ2n) is 6.22. The third-order valence-electron chi connectivity index (χ3n) is 4.18. The van der Waals surface area contributed by atoms with Crippen molar-refractivity contribution in [2.45, 2.75) is 12.5 Å². The Hall–Kier alpha value is -2.99. The molecule has 3 rings (SSSR count). The van der Waals surface area contributed by atoms with Crippen LogP contribution in [-0.2, 0) is 15.9 Å². The van der Waals surface area contributed by atoms with Gasteiger partial charge in [-0.1, -0.05) is 54.6 Å². The number of benzene rings is 3. The Labute approximate surface area is 156 Å². The van der Waals surface area contributed by atoms with Crippen LogP contribution in [0.15, 0.2) is 78.9 Å². The van der Waals surface area contributed by atoms with Gasteiger partial charge >= 0.3 is 12.9 Å². The monoisotopic (exact) mass is 365 g/mol. The number of rotatable bonds is 6. The van der Waals surface area contributed by atoms with Crippen LogP contribution in [0, 0.1) is 11.6 Å². The van der Waals surface area contributed by atoms with E-state index >= 15 is 0 Å². The van der Waals surface area contributed by atoms with Crippen molar-refractivity contribution in [3.63, 3.8) is 0 Å². The minimum atomic E-state index is -0.851. The maximum absolute atomic E-state index is 13.3. The van der Waals surface area contributed by atoms with E-state index in [1.807, 2.05) is 30.3 Å². The van der Waals surface area contributed by atoms with E-state index in [2.05, 4.69) is 0 Å². The molecular formula is C21H18BF2NO2. The molecule has 0 radical (unpaired) electrons. The van der Waals surface area contributed by atoms with Gasteiger partial charge in [-0.2, -0.15) is 0 Å². The number of carbonyl (C=O) groups excluding carboxylic acids is 1. The normalized spacial score (nSPS) is 11.7. The average molecular weight is 365 g/mol. The third kappa shape index (κ3) is 5.02. The van der Waals surface area contributed by atoms with E-state index in [9.17, 15) is 13.6 Å². The summed E-state index contributed by atoms with van der Waals surface area (Å²) in [6.07, 6.45) is 0.333. The first-order valence-electron chi connectivity index (χ1n) is 8.54. The maximum Gasteiger partial charge on any atom is 0.429 e. The topological polar surface area (TPSA) is 52.3 Å². The zero-order chi connectivity index (χ0) is 19.2. The lowest BCUT2D eigenvalue weighted by Crippen LogP contribution is -2.49. The largest absolute Gasteiger partial charge is 0.525 e. The molecule has 0 aliphatic carbocycles. The Morgan fingerprint density at radius 1 is 0.852 bits per heavy atom. The molecule has 3 aromatic carbocycles. The van der Waals surface area contributed by atoms with Crippen molar-refractivity contribution in [1.82, 2.24) is 0 Å². The molecule has 27 heavy (non-hydrogen) atoms. The quantitative estimate of drug-likeness (QED) is 0.682. The molecular weight excluding hydrogens is 347 g/mol. The standard InChI is InChI=1S/C21H18BF2NO2/c23-18-10-6-16(7-11-18)22(17-8-12-19(24)13-9-17)27-21(26)20(25)14-15-4-2-1-3-5-15/h1-13,20H,14,25H2/t20-/m0/s1. The van der Waals surface area contributed by atoms with Crippen LogP contribution in [0.5, 0.6) is 0 Å². The van der Waals surface area contributed by atoms with Gasteiger partial charge in [0.05, 0.1) is 0 Å². The van der Waals surface area contributed by atoms with Crippen LogP contribution in [0.3, 0.4) is 0 Å². The van der Waals surface area contributed by atoms with Gasteiger partial charge in [0, 0.05) is 0 Å². The molecule has 1 atom stereocenters. The second kappa shape index (κ2) is 8.60. The molecule has 2 N–H and O–H groups in total. The third-order valence-corrected chi connectivity index (χ3v) is 4.18. The van der Waals surface area contributed by atoms with E-state index in [0.29, 0.717) is 17.3 Å². The van der Waals surface area contributed by atoms with Crippen LogP contribution < -0.4 is 16.7 Å². The summed E-state index contributed by atoms with van der Waals surface area (Å²) >= 11 is 0. The highest BCUT2D eigenvalue weighted by molar-refractivity contribution is 6.81. The van der Waals surface area contributed by atoms with Crippen LogP contribution in [0.2, 0.25) is 0 Å². The number of carbonyl (C=O) groups is 1. The maximum atomic E-state index is 13.3. The highest BCUT2D eigenvalue weighted by atomic mass is 19.1. The van der Waals surface area contributed by atoms with Gasteiger partial charge in [-0.3, -0.25) is 4.79 Å². The first-order valence-corrected chi connectivity index (χ1v) is 8.54. The fourth-order valence-corrected chi connectivity index (χ4v) is 2.76. The van der Waals surface area contributed by atoms with Gasteiger partial charge in [0.15, 0.2) is 0 Å². The van der Waals surface area contributed by atoms with Crippen LogP contribution in [0.1, 0.15) is 5.56 Å². The zero-order valence-corrected chi connectivity index (χ0v) is 14.5. The molecule has 0 aromatic heterocycles. The van der Waals surface area contributed by atoms with Crippen molar-refractivity contribution in [1.29, 1.82) is 0 Å². The van der Waals surface area contributed by atoms with Crippen molar-refractivity contribution in [3.8, 4) is 0 Å². The number of halogens is 2. The van der Waals surface area contributed by atoms with Crippen molar-refractivity contribution in [2.75, 3.05) is 0 Å². The van der Waals surface area contributed by atoms with Gasteiger partial charge in [-0.05, 0) is 47.2 Å². The molecule has 0 bridgehead atoms. The van der Waals surface area contributed by atoms with Crippen LogP contribution in [0.25, 0.3) is 0 Å². The Kier molecular flexibility index (Phi) is 5.99. The van der Waals surface area contributed by atoms with Crippen molar-refractivity contribution >= 4 is 23.8 Å². The van der Waals surface area contributed by atoms with E-state index in [0.717, 1.165) is 5.56 Å². The molecule has 6 heteroatoms. The lowest BCUT2D eigenvalue weighted by molar-refractivity contribution is -0.135. The van der Waals surface area contributed by atoms with E-state index in [-0.39, 0.29) is 0 Å². The molecule has 0 spiro atoms. The van der Waals surface area contributed by atoms with E-state index in [1.165, 1.54) is 48.5 Å². The zero-order valence-electron chi connectivity index (χ0n) is 14.5. The fraction of sp³-hybridized carbons (Fsp3) is 0.0952. The minimum absolute atomic E-state index is 0.333. The molecule has 0 saturated heterocycles. The first kappa shape index (κ1) is 18.8. The van der Waals surface area contributed by atoms with Crippen molar-refractivity contribution in [2.24, 2.45) is 5.73 Å². The van der Waals surface area contributed by atoms with Crippen molar-refractivity contribution in [3.05, 3.63) is 96.1 Å². The average Bonchev–Trinajstić information content (AvgIpc) is 2.68. The Morgan fingerprint density at radius 3 is 1.81 bits per heavy atom. The molecule has 0 aliphatic heterocycles. The summed E-state index contributed by atoms with van der Waals surface area (Å²) in [4.78, 5) is 12.5. The summed E-state index contributed by atoms with van der Waals surface area (Å²) in [5.41, 5.74) is 8.07. The summed E-state index contributed by atoms with van der Waals surface area (Å²) in [6, 6.07) is 19.8. The second-order valence-corrected chi connectivity index (χ2v) is 6.22. The molecule has 136 valence electrons. The highest BCUT2D eigenvalue weighted by Gasteiger charge is 2.28. The lowest BCUT2D eigenvalue weighted by Gasteiger charge is -2.18. The molecule has 0 amide bonds. The van der Waals surface area contributed by atoms with E-state index in [4.69, 9.17) is 10.4 Å². The van der Waals surface area contributed by atoms with Crippen LogP contribution in [0.4, 0.5) is 8.78 Å².